The Bertz CT molecular complexity index is 1060. The largest absolute Gasteiger partial charge is 0.466 e. The maximum Gasteiger partial charge on any atom is 0.309 e. The van der Waals surface area contributed by atoms with E-state index < -0.39 is 0 Å². The lowest BCUT2D eigenvalue weighted by molar-refractivity contribution is -0.148. The van der Waals surface area contributed by atoms with Gasteiger partial charge in [0.15, 0.2) is 0 Å². The summed E-state index contributed by atoms with van der Waals surface area (Å²) >= 11 is 1.42. The van der Waals surface area contributed by atoms with Crippen LogP contribution in [0, 0.1) is 12.8 Å². The van der Waals surface area contributed by atoms with E-state index in [4.69, 9.17) is 9.72 Å². The van der Waals surface area contributed by atoms with Gasteiger partial charge in [0, 0.05) is 24.0 Å². The number of esters is 1. The fraction of sp³-hybridized carbons (Fsp3) is 0.381. The van der Waals surface area contributed by atoms with E-state index >= 15 is 0 Å². The molecule has 0 amide bonds. The lowest BCUT2D eigenvalue weighted by Gasteiger charge is -2.31. The molecule has 4 rings (SSSR count). The van der Waals surface area contributed by atoms with Gasteiger partial charge >= 0.3 is 5.97 Å². The Kier molecular flexibility index (Phi) is 5.17. The molecule has 0 atom stereocenters. The van der Waals surface area contributed by atoms with Gasteiger partial charge in [0.25, 0.3) is 5.56 Å². The molecule has 146 valence electrons. The Labute approximate surface area is 167 Å². The molecule has 28 heavy (non-hydrogen) atoms. The summed E-state index contributed by atoms with van der Waals surface area (Å²) in [6.45, 7) is 5.62. The van der Waals surface area contributed by atoms with E-state index in [0.717, 1.165) is 16.6 Å². The highest BCUT2D eigenvalue weighted by Crippen LogP contribution is 2.32. The lowest BCUT2D eigenvalue weighted by atomic mass is 9.97. The first-order valence-electron chi connectivity index (χ1n) is 9.57. The van der Waals surface area contributed by atoms with Gasteiger partial charge in [-0.1, -0.05) is 29.8 Å². The summed E-state index contributed by atoms with van der Waals surface area (Å²) in [6.07, 6.45) is 1.41. The number of nitrogens with zero attached hydrogens (tertiary/aromatic N) is 2. The molecule has 1 aliphatic heterocycles. The molecular formula is C21H23N3O3S. The second kappa shape index (κ2) is 7.75. The van der Waals surface area contributed by atoms with Crippen molar-refractivity contribution in [3.05, 3.63) is 45.6 Å². The number of piperidine rings is 1. The first-order valence-corrected chi connectivity index (χ1v) is 10.4. The van der Waals surface area contributed by atoms with E-state index in [0.29, 0.717) is 43.2 Å². The molecule has 0 spiro atoms. The zero-order chi connectivity index (χ0) is 19.7. The fourth-order valence-electron chi connectivity index (χ4n) is 3.67. The lowest BCUT2D eigenvalue weighted by Crippen LogP contribution is -2.38. The van der Waals surface area contributed by atoms with Gasteiger partial charge in [0.1, 0.15) is 4.70 Å². The van der Waals surface area contributed by atoms with Crippen LogP contribution in [0.4, 0.5) is 5.95 Å². The number of carbonyl (C=O) groups excluding carboxylic acids is 1. The molecule has 1 aromatic carbocycles. The Morgan fingerprint density at radius 2 is 2.14 bits per heavy atom. The summed E-state index contributed by atoms with van der Waals surface area (Å²) in [5.41, 5.74) is 3.84. The number of aromatic nitrogens is 2. The quantitative estimate of drug-likeness (QED) is 0.679. The number of anilines is 1. The molecule has 6 nitrogen and oxygen atoms in total. The van der Waals surface area contributed by atoms with Crippen LogP contribution in [0.2, 0.25) is 0 Å². The van der Waals surface area contributed by atoms with Gasteiger partial charge in [-0.2, -0.15) is 0 Å². The monoisotopic (exact) mass is 397 g/mol. The molecule has 1 saturated heterocycles. The Hall–Kier alpha value is -2.67. The van der Waals surface area contributed by atoms with E-state index in [2.05, 4.69) is 24.0 Å². The number of hydrogen-bond acceptors (Lipinski definition) is 6. The first-order chi connectivity index (χ1) is 13.6. The molecule has 3 heterocycles. The maximum absolute atomic E-state index is 12.6. The summed E-state index contributed by atoms with van der Waals surface area (Å²) < 4.78 is 5.77. The molecule has 0 radical (unpaired) electrons. The zero-order valence-corrected chi connectivity index (χ0v) is 16.8. The van der Waals surface area contributed by atoms with Gasteiger partial charge in [0.2, 0.25) is 5.95 Å². The molecule has 0 aliphatic carbocycles. The van der Waals surface area contributed by atoms with Gasteiger partial charge < -0.3 is 9.64 Å². The van der Waals surface area contributed by atoms with Crippen molar-refractivity contribution in [2.45, 2.75) is 26.7 Å². The fourth-order valence-corrected chi connectivity index (χ4v) is 4.58. The zero-order valence-electron chi connectivity index (χ0n) is 16.0. The predicted octanol–water partition coefficient (Wildman–Crippen LogP) is 3.74. The van der Waals surface area contributed by atoms with E-state index in [1.165, 1.54) is 16.9 Å². The number of nitrogens with one attached hydrogen (secondary N) is 1. The number of fused-ring (bicyclic) bond motifs is 1. The maximum atomic E-state index is 12.6. The highest BCUT2D eigenvalue weighted by Gasteiger charge is 2.27. The van der Waals surface area contributed by atoms with Crippen molar-refractivity contribution in [1.29, 1.82) is 0 Å². The molecule has 0 saturated carbocycles. The Morgan fingerprint density at radius 3 is 2.86 bits per heavy atom. The van der Waals surface area contributed by atoms with Crippen molar-refractivity contribution >= 4 is 33.5 Å². The number of ether oxygens (including phenoxy) is 1. The number of hydrogen-bond donors (Lipinski definition) is 1. The number of benzene rings is 1. The molecule has 7 heteroatoms. The molecule has 1 N–H and O–H groups in total. The first kappa shape index (κ1) is 18.7. The van der Waals surface area contributed by atoms with Crippen LogP contribution in [0.25, 0.3) is 21.3 Å². The summed E-state index contributed by atoms with van der Waals surface area (Å²) in [5.74, 6) is 0.376. The Balaban J connectivity index is 1.64. The molecule has 0 unspecified atom stereocenters. The van der Waals surface area contributed by atoms with Crippen LogP contribution in [0.1, 0.15) is 25.3 Å². The number of carbonyl (C=O) groups is 1. The van der Waals surface area contributed by atoms with Crippen LogP contribution in [0.3, 0.4) is 0 Å². The minimum Gasteiger partial charge on any atom is -0.466 e. The van der Waals surface area contributed by atoms with Crippen molar-refractivity contribution in [1.82, 2.24) is 9.97 Å². The van der Waals surface area contributed by atoms with Crippen molar-refractivity contribution in [3.8, 4) is 11.1 Å². The second-order valence-corrected chi connectivity index (χ2v) is 7.98. The third-order valence-electron chi connectivity index (χ3n) is 5.16. The molecule has 1 aliphatic rings. The third-order valence-corrected chi connectivity index (χ3v) is 6.13. The number of aromatic amines is 1. The molecule has 0 bridgehead atoms. The highest BCUT2D eigenvalue weighted by molar-refractivity contribution is 7.17. The van der Waals surface area contributed by atoms with Crippen LogP contribution >= 0.6 is 11.3 Å². The van der Waals surface area contributed by atoms with Crippen LogP contribution in [0.15, 0.2) is 34.4 Å². The van der Waals surface area contributed by atoms with Crippen molar-refractivity contribution in [3.63, 3.8) is 0 Å². The van der Waals surface area contributed by atoms with Gasteiger partial charge in [-0.15, -0.1) is 11.3 Å². The minimum absolute atomic E-state index is 0.0735. The summed E-state index contributed by atoms with van der Waals surface area (Å²) in [5, 5.41) is 2.00. The van der Waals surface area contributed by atoms with E-state index in [1.54, 1.807) is 0 Å². The standard InChI is InChI=1S/C21H23N3O3S/c1-3-27-20(26)14-7-9-24(10-8-14)21-22-17-16(12-28-18(17)19(25)23-21)15-6-4-5-13(2)11-15/h4-6,11-12,14H,3,7-10H2,1-2H3,(H,22,23,25). The smallest absolute Gasteiger partial charge is 0.309 e. The summed E-state index contributed by atoms with van der Waals surface area (Å²) in [7, 11) is 0. The number of aryl methyl sites for hydroxylation is 1. The normalized spacial score (nSPS) is 15.1. The van der Waals surface area contributed by atoms with Gasteiger partial charge in [0.05, 0.1) is 18.0 Å². The topological polar surface area (TPSA) is 75.3 Å². The van der Waals surface area contributed by atoms with Crippen LogP contribution in [-0.2, 0) is 9.53 Å². The minimum atomic E-state index is -0.126. The van der Waals surface area contributed by atoms with Gasteiger partial charge in [-0.25, -0.2) is 4.98 Å². The number of H-pyrrole nitrogens is 1. The average Bonchev–Trinajstić information content (AvgIpc) is 3.13. The van der Waals surface area contributed by atoms with Gasteiger partial charge in [-0.3, -0.25) is 14.6 Å². The van der Waals surface area contributed by atoms with Crippen LogP contribution in [0.5, 0.6) is 0 Å². The average molecular weight is 398 g/mol. The van der Waals surface area contributed by atoms with Crippen molar-refractivity contribution in [2.24, 2.45) is 5.92 Å². The molecule has 2 aromatic heterocycles. The van der Waals surface area contributed by atoms with Crippen LogP contribution in [-0.4, -0.2) is 35.6 Å². The predicted molar refractivity (Wildman–Crippen MR) is 112 cm³/mol. The summed E-state index contributed by atoms with van der Waals surface area (Å²) in [4.78, 5) is 34.3. The summed E-state index contributed by atoms with van der Waals surface area (Å²) in [6, 6.07) is 8.22. The Morgan fingerprint density at radius 1 is 1.36 bits per heavy atom. The number of rotatable bonds is 4. The van der Waals surface area contributed by atoms with Gasteiger partial charge in [-0.05, 0) is 32.3 Å². The third kappa shape index (κ3) is 3.54. The molecule has 3 aromatic rings. The second-order valence-electron chi connectivity index (χ2n) is 7.10. The SMILES string of the molecule is CCOC(=O)C1CCN(c2nc3c(-c4cccc(C)c4)csc3c(=O)[nH]2)CC1. The number of thiophene rings is 1. The van der Waals surface area contributed by atoms with Crippen molar-refractivity contribution < 1.29 is 9.53 Å². The highest BCUT2D eigenvalue weighted by atomic mass is 32.1. The van der Waals surface area contributed by atoms with Crippen LogP contribution < -0.4 is 10.5 Å². The molecular weight excluding hydrogens is 374 g/mol. The van der Waals surface area contributed by atoms with Crippen molar-refractivity contribution in [2.75, 3.05) is 24.6 Å². The van der Waals surface area contributed by atoms with E-state index in [-0.39, 0.29) is 17.4 Å². The van der Waals surface area contributed by atoms with E-state index in [9.17, 15) is 9.59 Å². The van der Waals surface area contributed by atoms with E-state index in [1.807, 2.05) is 29.3 Å². The molecule has 1 fully saturated rings.